The van der Waals surface area contributed by atoms with Gasteiger partial charge in [-0.15, -0.1) is 0 Å². The molecule has 2 aliphatic rings. The predicted molar refractivity (Wildman–Crippen MR) is 167 cm³/mol. The van der Waals surface area contributed by atoms with Gasteiger partial charge in [0.1, 0.15) is 11.4 Å². The van der Waals surface area contributed by atoms with E-state index in [0.717, 1.165) is 30.4 Å². The van der Waals surface area contributed by atoms with Crippen molar-refractivity contribution in [2.75, 3.05) is 52.1 Å². The van der Waals surface area contributed by atoms with Crippen LogP contribution in [-0.4, -0.2) is 93.0 Å². The van der Waals surface area contributed by atoms with Crippen LogP contribution >= 0.6 is 0 Å². The Hall–Kier alpha value is -4.76. The number of pyridine rings is 1. The van der Waals surface area contributed by atoms with Gasteiger partial charge in [0.2, 0.25) is 0 Å². The molecule has 2 N–H and O–H groups in total. The van der Waals surface area contributed by atoms with E-state index in [4.69, 9.17) is 4.74 Å². The number of benzene rings is 1. The normalized spacial score (nSPS) is 17.4. The fourth-order valence-corrected chi connectivity index (χ4v) is 5.97. The molecule has 1 fully saturated rings. The highest BCUT2D eigenvalue weighted by atomic mass is 19.4. The summed E-state index contributed by atoms with van der Waals surface area (Å²) in [7, 11) is 3.50. The van der Waals surface area contributed by atoms with Crippen molar-refractivity contribution in [3.05, 3.63) is 77.0 Å². The zero-order valence-corrected chi connectivity index (χ0v) is 26.3. The minimum absolute atomic E-state index is 0.0784. The number of alkyl halides is 3. The molecule has 0 spiro atoms. The van der Waals surface area contributed by atoms with E-state index in [2.05, 4.69) is 30.6 Å². The molecule has 1 aromatic carbocycles. The average molecular weight is 652 g/mol. The number of fused-ring (bicyclic) bond motifs is 2. The van der Waals surface area contributed by atoms with Crippen LogP contribution < -0.4 is 15.4 Å². The monoisotopic (exact) mass is 651 g/mol. The van der Waals surface area contributed by atoms with Crippen molar-refractivity contribution in [2.24, 2.45) is 0 Å². The Morgan fingerprint density at radius 3 is 2.62 bits per heavy atom. The summed E-state index contributed by atoms with van der Waals surface area (Å²) in [6.07, 6.45) is 0.742. The van der Waals surface area contributed by atoms with Crippen LogP contribution in [0.3, 0.4) is 0 Å². The molecule has 0 radical (unpaired) electrons. The molecular weight excluding hydrogens is 615 g/mol. The summed E-state index contributed by atoms with van der Waals surface area (Å²) in [5.74, 6) is 0.303. The third kappa shape index (κ3) is 7.00. The molecule has 1 saturated heterocycles. The van der Waals surface area contributed by atoms with E-state index in [9.17, 15) is 22.8 Å². The first-order chi connectivity index (χ1) is 22.5. The van der Waals surface area contributed by atoms with Crippen molar-refractivity contribution in [1.29, 1.82) is 0 Å². The molecular formula is C32H36F3N9O3. The van der Waals surface area contributed by atoms with Crippen LogP contribution in [0.25, 0.3) is 5.65 Å². The number of urea groups is 1. The Morgan fingerprint density at radius 1 is 1.11 bits per heavy atom. The Balaban J connectivity index is 1.19. The maximum atomic E-state index is 14.1. The van der Waals surface area contributed by atoms with Gasteiger partial charge in [-0.2, -0.15) is 18.3 Å². The molecule has 0 bridgehead atoms. The van der Waals surface area contributed by atoms with Crippen molar-refractivity contribution in [2.45, 2.75) is 38.5 Å². The highest BCUT2D eigenvalue weighted by molar-refractivity contribution is 5.92. The number of aromatic nitrogens is 4. The number of carbonyl (C=O) groups is 2. The molecule has 6 rings (SSSR count). The van der Waals surface area contributed by atoms with Gasteiger partial charge in [-0.25, -0.2) is 14.3 Å². The first-order valence-corrected chi connectivity index (χ1v) is 15.4. The number of piperazine rings is 1. The van der Waals surface area contributed by atoms with Crippen molar-refractivity contribution >= 4 is 23.3 Å². The van der Waals surface area contributed by atoms with E-state index in [1.807, 2.05) is 18.9 Å². The molecule has 0 unspecified atom stereocenters. The van der Waals surface area contributed by atoms with Crippen LogP contribution in [0, 0.1) is 0 Å². The Bertz CT molecular complexity index is 1790. The number of imidazole rings is 1. The van der Waals surface area contributed by atoms with Gasteiger partial charge in [0, 0.05) is 70.5 Å². The van der Waals surface area contributed by atoms with Gasteiger partial charge in [0.15, 0.2) is 11.4 Å². The summed E-state index contributed by atoms with van der Waals surface area (Å²) in [5.41, 5.74) is 1.62. The van der Waals surface area contributed by atoms with Crippen LogP contribution in [0.4, 0.5) is 23.7 Å². The van der Waals surface area contributed by atoms with Crippen LogP contribution in [0.1, 0.15) is 52.1 Å². The second kappa shape index (κ2) is 13.2. The number of nitrogens with zero attached hydrogens (tertiary/aromatic N) is 7. The van der Waals surface area contributed by atoms with Gasteiger partial charge in [-0.1, -0.05) is 13.0 Å². The molecule has 12 nitrogen and oxygen atoms in total. The lowest BCUT2D eigenvalue weighted by Gasteiger charge is -2.34. The number of anilines is 1. The van der Waals surface area contributed by atoms with Crippen LogP contribution in [0.5, 0.6) is 11.5 Å². The molecule has 3 amide bonds. The summed E-state index contributed by atoms with van der Waals surface area (Å²) in [4.78, 5) is 40.2. The van der Waals surface area contributed by atoms with Gasteiger partial charge < -0.3 is 25.2 Å². The number of likely N-dealkylation sites (N-methyl/N-ethyl adjacent to an activating group) is 1. The van der Waals surface area contributed by atoms with Gasteiger partial charge in [0.25, 0.3) is 5.91 Å². The van der Waals surface area contributed by atoms with Crippen LogP contribution in [0.15, 0.2) is 48.9 Å². The Morgan fingerprint density at radius 2 is 1.89 bits per heavy atom. The maximum Gasteiger partial charge on any atom is 0.416 e. The largest absolute Gasteiger partial charge is 0.452 e. The Labute approximate surface area is 269 Å². The van der Waals surface area contributed by atoms with Crippen molar-refractivity contribution < 1.29 is 27.5 Å². The van der Waals surface area contributed by atoms with Crippen LogP contribution in [0.2, 0.25) is 0 Å². The number of rotatable bonds is 7. The van der Waals surface area contributed by atoms with E-state index in [-0.39, 0.29) is 41.9 Å². The number of amides is 3. The van der Waals surface area contributed by atoms with Crippen LogP contribution in [-0.2, 0) is 19.3 Å². The number of halogens is 3. The minimum Gasteiger partial charge on any atom is -0.452 e. The summed E-state index contributed by atoms with van der Waals surface area (Å²) in [6, 6.07) is 6.91. The molecule has 248 valence electrons. The summed E-state index contributed by atoms with van der Waals surface area (Å²) >= 11 is 0. The van der Waals surface area contributed by atoms with Crippen molar-refractivity contribution in [3.63, 3.8) is 0 Å². The molecule has 0 saturated carbocycles. The third-order valence-corrected chi connectivity index (χ3v) is 8.61. The maximum absolute atomic E-state index is 14.1. The average Bonchev–Trinajstić information content (AvgIpc) is 3.50. The zero-order valence-electron chi connectivity index (χ0n) is 26.3. The number of ether oxygens (including phenoxy) is 1. The van der Waals surface area contributed by atoms with E-state index in [1.165, 1.54) is 36.1 Å². The first-order valence-electron chi connectivity index (χ1n) is 15.4. The molecule has 1 atom stereocenters. The van der Waals surface area contributed by atoms with Crippen molar-refractivity contribution in [1.82, 2.24) is 39.6 Å². The van der Waals surface area contributed by atoms with Gasteiger partial charge in [-0.05, 0) is 42.8 Å². The Kier molecular flexibility index (Phi) is 9.01. The standard InChI is InChI=1S/C32H36F3N9O3/c1-4-20-17-43(31(46)39-23-6-5-21(25(14-23)32(33,34)35)16-42-11-9-41(3)10-12-42)18-22-13-24(15-37-28(20)22)47-27-7-8-38-44-19-26(30(45)36-2)40-29(27)44/h5-8,13-15,19-20H,4,9-12,16-18H2,1-3H3,(H,36,45)(H,39,46)/t20-/m0/s1. The van der Waals surface area contributed by atoms with Gasteiger partial charge in [0.05, 0.1) is 29.8 Å². The molecule has 47 heavy (non-hydrogen) atoms. The molecule has 0 aliphatic carbocycles. The van der Waals surface area contributed by atoms with Crippen molar-refractivity contribution in [3.8, 4) is 11.5 Å². The minimum atomic E-state index is -4.57. The second-order valence-electron chi connectivity index (χ2n) is 11.9. The lowest BCUT2D eigenvalue weighted by Crippen LogP contribution is -2.44. The molecule has 3 aromatic heterocycles. The summed E-state index contributed by atoms with van der Waals surface area (Å²) in [5, 5.41) is 9.41. The van der Waals surface area contributed by atoms with E-state index < -0.39 is 17.8 Å². The lowest BCUT2D eigenvalue weighted by molar-refractivity contribution is -0.138. The fourth-order valence-electron chi connectivity index (χ4n) is 5.97. The molecule has 2 aliphatic heterocycles. The third-order valence-electron chi connectivity index (χ3n) is 8.61. The SMILES string of the molecule is CC[C@H]1CN(C(=O)Nc2ccc(CN3CCN(C)CC3)c(C(F)(F)F)c2)Cc2cc(Oc3ccnn4cc(C(=O)NC)nc34)cnc21. The summed E-state index contributed by atoms with van der Waals surface area (Å²) in [6.45, 7) is 5.71. The van der Waals surface area contributed by atoms with Gasteiger partial charge >= 0.3 is 12.2 Å². The summed E-state index contributed by atoms with van der Waals surface area (Å²) < 4.78 is 50.0. The highest BCUT2D eigenvalue weighted by Gasteiger charge is 2.35. The quantitative estimate of drug-likeness (QED) is 0.298. The van der Waals surface area contributed by atoms with E-state index in [0.29, 0.717) is 43.2 Å². The number of nitrogens with one attached hydrogen (secondary N) is 2. The second-order valence-corrected chi connectivity index (χ2v) is 11.9. The number of carbonyl (C=O) groups excluding carboxylic acids is 2. The molecule has 4 aromatic rings. The van der Waals surface area contributed by atoms with Gasteiger partial charge in [-0.3, -0.25) is 14.7 Å². The number of hydrogen-bond acceptors (Lipinski definition) is 8. The zero-order chi connectivity index (χ0) is 33.3. The topological polar surface area (TPSA) is 120 Å². The molecule has 5 heterocycles. The predicted octanol–water partition coefficient (Wildman–Crippen LogP) is 4.58. The fraction of sp³-hybridized carbons (Fsp3) is 0.406. The lowest BCUT2D eigenvalue weighted by atomic mass is 9.92. The highest BCUT2D eigenvalue weighted by Crippen LogP contribution is 2.36. The number of hydrogen-bond donors (Lipinski definition) is 2. The smallest absolute Gasteiger partial charge is 0.416 e. The molecule has 15 heteroatoms. The van der Waals surface area contributed by atoms with E-state index >= 15 is 0 Å². The first kappa shape index (κ1) is 32.2. The van der Waals surface area contributed by atoms with E-state index in [1.54, 1.807) is 23.2 Å².